The van der Waals surface area contributed by atoms with E-state index in [0.717, 1.165) is 30.3 Å². The zero-order valence-electron chi connectivity index (χ0n) is 17.4. The van der Waals surface area contributed by atoms with Gasteiger partial charge in [0.1, 0.15) is 5.75 Å². The van der Waals surface area contributed by atoms with Crippen molar-refractivity contribution in [3.63, 3.8) is 0 Å². The van der Waals surface area contributed by atoms with E-state index in [1.807, 2.05) is 32.9 Å². The molecule has 1 heterocycles. The Hall–Kier alpha value is -2.49. The number of hydrogen-bond acceptors (Lipinski definition) is 3. The summed E-state index contributed by atoms with van der Waals surface area (Å²) in [5.41, 5.74) is 3.03. The van der Waals surface area contributed by atoms with Gasteiger partial charge in [-0.15, -0.1) is 0 Å². The minimum Gasteiger partial charge on any atom is -0.491 e. The number of anilines is 1. The van der Waals surface area contributed by atoms with Crippen molar-refractivity contribution in [1.29, 1.82) is 0 Å². The highest BCUT2D eigenvalue weighted by molar-refractivity contribution is 5.94. The summed E-state index contributed by atoms with van der Waals surface area (Å²) in [6.45, 7) is 10.6. The Kier molecular flexibility index (Phi) is 6.61. The summed E-state index contributed by atoms with van der Waals surface area (Å²) in [7, 11) is 0. The minimum absolute atomic E-state index is 0.0467. The fourth-order valence-corrected chi connectivity index (χ4v) is 3.56. The fraction of sp³-hybridized carbons (Fsp3) is 0.458. The third-order valence-electron chi connectivity index (χ3n) is 5.38. The summed E-state index contributed by atoms with van der Waals surface area (Å²) in [6.07, 6.45) is 2.64. The quantitative estimate of drug-likeness (QED) is 0.749. The van der Waals surface area contributed by atoms with Gasteiger partial charge in [0.2, 0.25) is 0 Å². The molecule has 1 amide bonds. The van der Waals surface area contributed by atoms with E-state index < -0.39 is 0 Å². The predicted molar refractivity (Wildman–Crippen MR) is 115 cm³/mol. The summed E-state index contributed by atoms with van der Waals surface area (Å²) in [5.74, 6) is 1.54. The highest BCUT2D eigenvalue weighted by atomic mass is 16.5. The van der Waals surface area contributed by atoms with Crippen molar-refractivity contribution in [2.24, 2.45) is 5.92 Å². The number of amides is 1. The van der Waals surface area contributed by atoms with Gasteiger partial charge < -0.3 is 15.0 Å². The molecule has 4 nitrogen and oxygen atoms in total. The minimum atomic E-state index is -0.0716. The van der Waals surface area contributed by atoms with E-state index in [1.165, 1.54) is 18.5 Å². The Balaban J connectivity index is 1.57. The monoisotopic (exact) mass is 380 g/mol. The Morgan fingerprint density at radius 1 is 1.00 bits per heavy atom. The molecule has 0 saturated carbocycles. The fourth-order valence-electron chi connectivity index (χ4n) is 3.56. The van der Waals surface area contributed by atoms with Crippen LogP contribution in [-0.4, -0.2) is 25.1 Å². The lowest BCUT2D eigenvalue weighted by atomic mass is 9.98. The third-order valence-corrected chi connectivity index (χ3v) is 5.38. The Bertz CT molecular complexity index is 760. The summed E-state index contributed by atoms with van der Waals surface area (Å²) >= 11 is 0. The molecule has 4 heteroatoms. The number of piperidine rings is 1. The van der Waals surface area contributed by atoms with Crippen molar-refractivity contribution in [2.45, 2.75) is 52.7 Å². The van der Waals surface area contributed by atoms with Crippen molar-refractivity contribution in [2.75, 3.05) is 18.0 Å². The summed E-state index contributed by atoms with van der Waals surface area (Å²) in [4.78, 5) is 15.0. The van der Waals surface area contributed by atoms with Gasteiger partial charge in [-0.05, 0) is 81.5 Å². The van der Waals surface area contributed by atoms with Crippen LogP contribution in [0.3, 0.4) is 0 Å². The van der Waals surface area contributed by atoms with Crippen molar-refractivity contribution in [3.8, 4) is 5.75 Å². The second-order valence-corrected chi connectivity index (χ2v) is 8.15. The molecule has 28 heavy (non-hydrogen) atoms. The number of rotatable bonds is 6. The van der Waals surface area contributed by atoms with Gasteiger partial charge in [0.25, 0.3) is 5.91 Å². The molecule has 0 aromatic heterocycles. The SMILES string of the molecule is CC1CCN(c2ccc(C(C)NC(=O)c3ccc(OC(C)C)cc3)cc2)CC1. The lowest BCUT2D eigenvalue weighted by molar-refractivity contribution is 0.0940. The van der Waals surface area contributed by atoms with Crippen molar-refractivity contribution < 1.29 is 9.53 Å². The van der Waals surface area contributed by atoms with Crippen LogP contribution in [0, 0.1) is 5.92 Å². The summed E-state index contributed by atoms with van der Waals surface area (Å²) < 4.78 is 5.63. The molecule has 150 valence electrons. The molecule has 0 bridgehead atoms. The number of benzene rings is 2. The molecule has 1 aliphatic heterocycles. The predicted octanol–water partition coefficient (Wildman–Crippen LogP) is 5.20. The third kappa shape index (κ3) is 5.28. The smallest absolute Gasteiger partial charge is 0.251 e. The van der Waals surface area contributed by atoms with Crippen LogP contribution in [0.5, 0.6) is 5.75 Å². The van der Waals surface area contributed by atoms with Gasteiger partial charge in [0.15, 0.2) is 0 Å². The highest BCUT2D eigenvalue weighted by Crippen LogP contribution is 2.25. The van der Waals surface area contributed by atoms with Crippen LogP contribution in [0.15, 0.2) is 48.5 Å². The number of ether oxygens (including phenoxy) is 1. The second-order valence-electron chi connectivity index (χ2n) is 8.15. The zero-order valence-corrected chi connectivity index (χ0v) is 17.4. The average molecular weight is 381 g/mol. The first-order valence-corrected chi connectivity index (χ1v) is 10.3. The van der Waals surface area contributed by atoms with E-state index >= 15 is 0 Å². The Morgan fingerprint density at radius 2 is 1.61 bits per heavy atom. The molecule has 0 spiro atoms. The van der Waals surface area contributed by atoms with Crippen molar-refractivity contribution in [3.05, 3.63) is 59.7 Å². The molecular weight excluding hydrogens is 348 g/mol. The van der Waals surface area contributed by atoms with Crippen LogP contribution in [0.25, 0.3) is 0 Å². The van der Waals surface area contributed by atoms with Gasteiger partial charge >= 0.3 is 0 Å². The van der Waals surface area contributed by atoms with Crippen LogP contribution in [0.4, 0.5) is 5.69 Å². The van der Waals surface area contributed by atoms with E-state index in [0.29, 0.717) is 5.56 Å². The standard InChI is InChI=1S/C24H32N2O2/c1-17(2)28-23-11-7-21(8-12-23)24(27)25-19(4)20-5-9-22(10-6-20)26-15-13-18(3)14-16-26/h5-12,17-19H,13-16H2,1-4H3,(H,25,27). The van der Waals surface area contributed by atoms with Crippen LogP contribution < -0.4 is 15.0 Å². The molecule has 0 aliphatic carbocycles. The van der Waals surface area contributed by atoms with E-state index in [4.69, 9.17) is 4.74 Å². The van der Waals surface area contributed by atoms with Crippen LogP contribution in [0.1, 0.15) is 62.5 Å². The molecule has 1 fully saturated rings. The second kappa shape index (κ2) is 9.13. The van der Waals surface area contributed by atoms with Gasteiger partial charge in [0.05, 0.1) is 12.1 Å². The first kappa shape index (κ1) is 20.2. The molecule has 1 N–H and O–H groups in total. The molecular formula is C24H32N2O2. The number of carbonyl (C=O) groups is 1. The lowest BCUT2D eigenvalue weighted by Gasteiger charge is -2.32. The van der Waals surface area contributed by atoms with E-state index in [2.05, 4.69) is 41.4 Å². The molecule has 2 aromatic rings. The first-order valence-electron chi connectivity index (χ1n) is 10.3. The van der Waals surface area contributed by atoms with Gasteiger partial charge in [-0.25, -0.2) is 0 Å². The average Bonchev–Trinajstić information content (AvgIpc) is 2.69. The molecule has 2 aromatic carbocycles. The number of carbonyl (C=O) groups excluding carboxylic acids is 1. The topological polar surface area (TPSA) is 41.6 Å². The van der Waals surface area contributed by atoms with Crippen LogP contribution in [0.2, 0.25) is 0 Å². The molecule has 1 atom stereocenters. The number of hydrogen-bond donors (Lipinski definition) is 1. The number of nitrogens with one attached hydrogen (secondary N) is 1. The molecule has 1 unspecified atom stereocenters. The maximum Gasteiger partial charge on any atom is 0.251 e. The molecule has 1 saturated heterocycles. The van der Waals surface area contributed by atoms with E-state index in [1.54, 1.807) is 12.1 Å². The van der Waals surface area contributed by atoms with Crippen molar-refractivity contribution >= 4 is 11.6 Å². The number of nitrogens with zero attached hydrogens (tertiary/aromatic N) is 1. The highest BCUT2D eigenvalue weighted by Gasteiger charge is 2.17. The molecule has 1 aliphatic rings. The maximum atomic E-state index is 12.5. The van der Waals surface area contributed by atoms with Gasteiger partial charge in [-0.3, -0.25) is 4.79 Å². The van der Waals surface area contributed by atoms with Crippen molar-refractivity contribution in [1.82, 2.24) is 5.32 Å². The maximum absolute atomic E-state index is 12.5. The normalized spacial score (nSPS) is 16.1. The van der Waals surface area contributed by atoms with Gasteiger partial charge in [-0.2, -0.15) is 0 Å². The molecule has 0 radical (unpaired) electrons. The zero-order chi connectivity index (χ0) is 20.1. The van der Waals surface area contributed by atoms with E-state index in [9.17, 15) is 4.79 Å². The Labute approximate surface area is 168 Å². The summed E-state index contributed by atoms with van der Waals surface area (Å²) in [5, 5.41) is 3.08. The summed E-state index contributed by atoms with van der Waals surface area (Å²) in [6, 6.07) is 15.8. The largest absolute Gasteiger partial charge is 0.491 e. The molecule has 3 rings (SSSR count). The lowest BCUT2D eigenvalue weighted by Crippen LogP contribution is -2.32. The van der Waals surface area contributed by atoms with Gasteiger partial charge in [-0.1, -0.05) is 19.1 Å². The van der Waals surface area contributed by atoms with Crippen LogP contribution in [-0.2, 0) is 0 Å². The van der Waals surface area contributed by atoms with Gasteiger partial charge in [0, 0.05) is 24.3 Å². The Morgan fingerprint density at radius 3 is 2.18 bits per heavy atom. The van der Waals surface area contributed by atoms with E-state index in [-0.39, 0.29) is 18.1 Å². The van der Waals surface area contributed by atoms with Crippen LogP contribution >= 0.6 is 0 Å². The first-order chi connectivity index (χ1) is 13.4.